The van der Waals surface area contributed by atoms with E-state index in [-0.39, 0.29) is 12.4 Å². The molecule has 0 amide bonds. The Balaban J connectivity index is 2.22. The van der Waals surface area contributed by atoms with Gasteiger partial charge in [-0.05, 0) is 25.3 Å². The molecule has 0 aliphatic carbocycles. The Kier molecular flexibility index (Phi) is 6.59. The van der Waals surface area contributed by atoms with Gasteiger partial charge < -0.3 is 4.74 Å². The second-order valence-corrected chi connectivity index (χ2v) is 5.91. The molecule has 19 heavy (non-hydrogen) atoms. The first-order valence-corrected chi connectivity index (χ1v) is 7.77. The minimum atomic E-state index is -3.50. The maximum Gasteiger partial charge on any atom is 0.271 e. The molecule has 0 bridgehead atoms. The summed E-state index contributed by atoms with van der Waals surface area (Å²) in [6.45, 7) is 6.12. The third-order valence-electron chi connectivity index (χ3n) is 2.34. The summed E-state index contributed by atoms with van der Waals surface area (Å²) in [5.74, 6) is 0.577. The fourth-order valence-electron chi connectivity index (χ4n) is 1.46. The molecule has 0 aliphatic heterocycles. The lowest BCUT2D eigenvalue weighted by atomic mass is 10.2. The standard InChI is InChI=1S/C14H20O4S/c1-13(2)17-10-6-7-11-18-19(15,16)12-14-8-4-3-5-9-14/h3-5,8-9H,1,6-7,10-12H2,2H3. The number of hydrogen-bond acceptors (Lipinski definition) is 4. The van der Waals surface area contributed by atoms with Crippen molar-refractivity contribution in [2.24, 2.45) is 0 Å². The highest BCUT2D eigenvalue weighted by atomic mass is 32.2. The van der Waals surface area contributed by atoms with Gasteiger partial charge in [-0.25, -0.2) is 0 Å². The lowest BCUT2D eigenvalue weighted by Crippen LogP contribution is -2.10. The molecule has 4 nitrogen and oxygen atoms in total. The van der Waals surface area contributed by atoms with Crippen molar-refractivity contribution >= 4 is 10.1 Å². The van der Waals surface area contributed by atoms with E-state index in [2.05, 4.69) is 6.58 Å². The average Bonchev–Trinajstić information content (AvgIpc) is 2.34. The normalized spacial score (nSPS) is 11.2. The molecule has 0 atom stereocenters. The molecule has 0 fully saturated rings. The number of allylic oxidation sites excluding steroid dienone is 1. The highest BCUT2D eigenvalue weighted by molar-refractivity contribution is 7.85. The van der Waals surface area contributed by atoms with E-state index in [1.807, 2.05) is 6.07 Å². The highest BCUT2D eigenvalue weighted by Gasteiger charge is 2.11. The van der Waals surface area contributed by atoms with Gasteiger partial charge >= 0.3 is 0 Å². The van der Waals surface area contributed by atoms with E-state index in [0.29, 0.717) is 18.8 Å². The predicted octanol–water partition coefficient (Wildman–Crippen LogP) is 2.86. The van der Waals surface area contributed by atoms with Gasteiger partial charge in [0.05, 0.1) is 19.0 Å². The van der Waals surface area contributed by atoms with Gasteiger partial charge in [-0.1, -0.05) is 36.9 Å². The Hall–Kier alpha value is -1.33. The smallest absolute Gasteiger partial charge is 0.271 e. The fraction of sp³-hybridized carbons (Fsp3) is 0.429. The molecule has 106 valence electrons. The van der Waals surface area contributed by atoms with Crippen LogP contribution in [-0.2, 0) is 24.8 Å². The molecule has 0 unspecified atom stereocenters. The third-order valence-corrected chi connectivity index (χ3v) is 3.55. The largest absolute Gasteiger partial charge is 0.499 e. The van der Waals surface area contributed by atoms with Crippen LogP contribution in [0.25, 0.3) is 0 Å². The van der Waals surface area contributed by atoms with E-state index in [9.17, 15) is 8.42 Å². The number of hydrogen-bond donors (Lipinski definition) is 0. The topological polar surface area (TPSA) is 52.6 Å². The second kappa shape index (κ2) is 7.96. The van der Waals surface area contributed by atoms with Gasteiger partial charge in [0.1, 0.15) is 5.75 Å². The van der Waals surface area contributed by atoms with Crippen LogP contribution in [0.15, 0.2) is 42.7 Å². The van der Waals surface area contributed by atoms with Gasteiger partial charge in [-0.2, -0.15) is 8.42 Å². The van der Waals surface area contributed by atoms with Gasteiger partial charge in [0.15, 0.2) is 0 Å². The maximum atomic E-state index is 11.7. The van der Waals surface area contributed by atoms with Crippen molar-refractivity contribution in [3.8, 4) is 0 Å². The molecule has 0 saturated heterocycles. The number of ether oxygens (including phenoxy) is 1. The second-order valence-electron chi connectivity index (χ2n) is 4.27. The molecule has 0 N–H and O–H groups in total. The minimum Gasteiger partial charge on any atom is -0.499 e. The van der Waals surface area contributed by atoms with Gasteiger partial charge in [0.2, 0.25) is 0 Å². The van der Waals surface area contributed by atoms with E-state index in [0.717, 1.165) is 12.0 Å². The summed E-state index contributed by atoms with van der Waals surface area (Å²) >= 11 is 0. The van der Waals surface area contributed by atoms with Crippen molar-refractivity contribution < 1.29 is 17.3 Å². The summed E-state index contributed by atoms with van der Waals surface area (Å²) in [4.78, 5) is 0. The zero-order valence-corrected chi connectivity index (χ0v) is 12.0. The molecule has 0 radical (unpaired) electrons. The molecule has 1 aromatic rings. The van der Waals surface area contributed by atoms with Crippen molar-refractivity contribution in [2.45, 2.75) is 25.5 Å². The molecule has 0 heterocycles. The van der Waals surface area contributed by atoms with E-state index in [1.165, 1.54) is 0 Å². The molecule has 0 saturated carbocycles. The zero-order valence-electron chi connectivity index (χ0n) is 11.2. The van der Waals surface area contributed by atoms with Crippen LogP contribution in [0, 0.1) is 0 Å². The van der Waals surface area contributed by atoms with Gasteiger partial charge in [0, 0.05) is 0 Å². The van der Waals surface area contributed by atoms with Gasteiger partial charge in [0.25, 0.3) is 10.1 Å². The van der Waals surface area contributed by atoms with Crippen molar-refractivity contribution in [2.75, 3.05) is 13.2 Å². The molecular formula is C14H20O4S. The third kappa shape index (κ3) is 7.64. The molecule has 0 aliphatic rings. The van der Waals surface area contributed by atoms with Gasteiger partial charge in [-0.3, -0.25) is 4.18 Å². The SMILES string of the molecule is C=C(C)OCCCCOS(=O)(=O)Cc1ccccc1. The Morgan fingerprint density at radius 3 is 2.42 bits per heavy atom. The maximum absolute atomic E-state index is 11.7. The molecule has 0 spiro atoms. The molecule has 1 aromatic carbocycles. The van der Waals surface area contributed by atoms with Crippen LogP contribution in [0.3, 0.4) is 0 Å². The quantitative estimate of drug-likeness (QED) is 0.397. The first-order chi connectivity index (χ1) is 8.99. The summed E-state index contributed by atoms with van der Waals surface area (Å²) < 4.78 is 33.5. The number of benzene rings is 1. The van der Waals surface area contributed by atoms with E-state index in [4.69, 9.17) is 8.92 Å². The average molecular weight is 284 g/mol. The van der Waals surface area contributed by atoms with Crippen molar-refractivity contribution in [1.82, 2.24) is 0 Å². The Bertz CT molecular complexity index is 479. The predicted molar refractivity (Wildman–Crippen MR) is 75.0 cm³/mol. The van der Waals surface area contributed by atoms with Crippen molar-refractivity contribution in [3.63, 3.8) is 0 Å². The number of rotatable bonds is 9. The van der Waals surface area contributed by atoms with Crippen LogP contribution in [-0.4, -0.2) is 21.6 Å². The first kappa shape index (κ1) is 15.7. The molecule has 1 rings (SSSR count). The first-order valence-electron chi connectivity index (χ1n) is 6.19. The monoisotopic (exact) mass is 284 g/mol. The summed E-state index contributed by atoms with van der Waals surface area (Å²) in [7, 11) is -3.50. The Labute approximate surface area is 115 Å². The Morgan fingerprint density at radius 2 is 1.79 bits per heavy atom. The highest BCUT2D eigenvalue weighted by Crippen LogP contribution is 2.08. The van der Waals surface area contributed by atoms with Crippen LogP contribution < -0.4 is 0 Å². The van der Waals surface area contributed by atoms with Gasteiger partial charge in [-0.15, -0.1) is 0 Å². The molecular weight excluding hydrogens is 264 g/mol. The lowest BCUT2D eigenvalue weighted by Gasteiger charge is -2.07. The summed E-state index contributed by atoms with van der Waals surface area (Å²) in [5.41, 5.74) is 0.730. The summed E-state index contributed by atoms with van der Waals surface area (Å²) in [6.07, 6.45) is 1.38. The van der Waals surface area contributed by atoms with E-state index >= 15 is 0 Å². The summed E-state index contributed by atoms with van der Waals surface area (Å²) in [6, 6.07) is 8.99. The minimum absolute atomic E-state index is 0.0872. The van der Waals surface area contributed by atoms with Crippen molar-refractivity contribution in [3.05, 3.63) is 48.2 Å². The fourth-order valence-corrected chi connectivity index (χ4v) is 2.51. The van der Waals surface area contributed by atoms with Crippen LogP contribution in [0.4, 0.5) is 0 Å². The van der Waals surface area contributed by atoms with Crippen LogP contribution >= 0.6 is 0 Å². The zero-order chi connectivity index (χ0) is 14.1. The summed E-state index contributed by atoms with van der Waals surface area (Å²) in [5, 5.41) is 0. The number of unbranched alkanes of at least 4 members (excludes halogenated alkanes) is 1. The van der Waals surface area contributed by atoms with Crippen LogP contribution in [0.1, 0.15) is 25.3 Å². The molecule has 0 aromatic heterocycles. The van der Waals surface area contributed by atoms with E-state index < -0.39 is 10.1 Å². The Morgan fingerprint density at radius 1 is 1.16 bits per heavy atom. The van der Waals surface area contributed by atoms with E-state index in [1.54, 1.807) is 31.2 Å². The van der Waals surface area contributed by atoms with Crippen LogP contribution in [0.2, 0.25) is 0 Å². The lowest BCUT2D eigenvalue weighted by molar-refractivity contribution is 0.199. The van der Waals surface area contributed by atoms with Crippen LogP contribution in [0.5, 0.6) is 0 Å². The molecule has 5 heteroatoms. The van der Waals surface area contributed by atoms with Crippen molar-refractivity contribution in [1.29, 1.82) is 0 Å².